The zero-order valence-electron chi connectivity index (χ0n) is 18.6. The minimum atomic E-state index is -3.73. The Balaban J connectivity index is 1.25. The summed E-state index contributed by atoms with van der Waals surface area (Å²) in [5.74, 6) is 0.190. The Hall–Kier alpha value is -3.78. The molecule has 0 aliphatic heterocycles. The smallest absolute Gasteiger partial charge is 0.263 e. The molecule has 1 aliphatic rings. The van der Waals surface area contributed by atoms with Gasteiger partial charge in [-0.25, -0.2) is 13.4 Å². The van der Waals surface area contributed by atoms with E-state index >= 15 is 0 Å². The number of nitrogens with zero attached hydrogens (tertiary/aromatic N) is 2. The molecule has 34 heavy (non-hydrogen) atoms. The molecule has 2 heterocycles. The fourth-order valence-electron chi connectivity index (χ4n) is 4.19. The van der Waals surface area contributed by atoms with Gasteiger partial charge >= 0.3 is 0 Å². The highest BCUT2D eigenvalue weighted by Gasteiger charge is 2.44. The van der Waals surface area contributed by atoms with Crippen LogP contribution in [0.4, 0.5) is 11.5 Å². The average Bonchev–Trinajstić information content (AvgIpc) is 3.65. The molecule has 0 saturated heterocycles. The van der Waals surface area contributed by atoms with Gasteiger partial charge in [0.1, 0.15) is 5.82 Å². The van der Waals surface area contributed by atoms with E-state index in [9.17, 15) is 13.2 Å². The number of hydrogen-bond acceptors (Lipinski definition) is 5. The van der Waals surface area contributed by atoms with Gasteiger partial charge in [0, 0.05) is 35.6 Å². The Morgan fingerprint density at radius 3 is 2.62 bits per heavy atom. The molecular weight excluding hydrogens is 448 g/mol. The summed E-state index contributed by atoms with van der Waals surface area (Å²) in [7, 11) is -3.73. The van der Waals surface area contributed by atoms with Crippen molar-refractivity contribution in [3.05, 3.63) is 90.4 Å². The summed E-state index contributed by atoms with van der Waals surface area (Å²) in [5, 5.41) is 5.18. The summed E-state index contributed by atoms with van der Waals surface area (Å²) < 4.78 is 27.7. The van der Waals surface area contributed by atoms with Crippen LogP contribution < -0.4 is 10.0 Å². The predicted octanol–water partition coefficient (Wildman–Crippen LogP) is 4.74. The third kappa shape index (κ3) is 4.49. The molecule has 1 unspecified atom stereocenters. The topological polar surface area (TPSA) is 101 Å². The maximum absolute atomic E-state index is 12.8. The molecule has 4 aromatic rings. The first-order valence-electron chi connectivity index (χ1n) is 11.2. The minimum absolute atomic E-state index is 0.0232. The lowest BCUT2D eigenvalue weighted by atomic mass is 10.1. The van der Waals surface area contributed by atoms with Crippen molar-refractivity contribution >= 4 is 38.2 Å². The van der Waals surface area contributed by atoms with Crippen LogP contribution in [0.25, 0.3) is 10.8 Å². The molecule has 1 amide bonds. The number of fused-ring (bicyclic) bond motifs is 1. The van der Waals surface area contributed by atoms with Crippen LogP contribution in [0.15, 0.2) is 84.1 Å². The Kier molecular flexibility index (Phi) is 5.75. The number of nitrogens with one attached hydrogen (secondary N) is 2. The van der Waals surface area contributed by atoms with E-state index in [0.29, 0.717) is 0 Å². The third-order valence-electron chi connectivity index (χ3n) is 6.14. The second-order valence-corrected chi connectivity index (χ2v) is 10.1. The van der Waals surface area contributed by atoms with E-state index in [2.05, 4.69) is 26.9 Å². The van der Waals surface area contributed by atoms with Crippen molar-refractivity contribution in [1.82, 2.24) is 9.97 Å². The quantitative estimate of drug-likeness (QED) is 0.405. The van der Waals surface area contributed by atoms with Gasteiger partial charge in [-0.2, -0.15) is 0 Å². The van der Waals surface area contributed by atoms with E-state index in [0.717, 1.165) is 40.4 Å². The average molecular weight is 473 g/mol. The molecule has 8 heteroatoms. The number of carbonyl (C=O) groups is 1. The van der Waals surface area contributed by atoms with Crippen LogP contribution in [0.2, 0.25) is 0 Å². The van der Waals surface area contributed by atoms with Gasteiger partial charge in [0.2, 0.25) is 5.91 Å². The number of hydrogen-bond donors (Lipinski definition) is 2. The van der Waals surface area contributed by atoms with Gasteiger partial charge in [-0.3, -0.25) is 14.5 Å². The van der Waals surface area contributed by atoms with E-state index in [-0.39, 0.29) is 28.5 Å². The number of aryl methyl sites for hydroxylation is 1. The van der Waals surface area contributed by atoms with Crippen molar-refractivity contribution in [2.45, 2.75) is 30.6 Å². The maximum atomic E-state index is 12.8. The van der Waals surface area contributed by atoms with Crippen LogP contribution in [-0.4, -0.2) is 24.3 Å². The van der Waals surface area contributed by atoms with Crippen molar-refractivity contribution in [1.29, 1.82) is 0 Å². The highest BCUT2D eigenvalue weighted by atomic mass is 32.2. The largest absolute Gasteiger partial charge is 0.326 e. The van der Waals surface area contributed by atoms with Crippen LogP contribution >= 0.6 is 0 Å². The lowest BCUT2D eigenvalue weighted by Crippen LogP contribution is -2.15. The van der Waals surface area contributed by atoms with Gasteiger partial charge in [-0.15, -0.1) is 0 Å². The molecular formula is C26H24N4O3S. The van der Waals surface area contributed by atoms with Gasteiger partial charge < -0.3 is 5.32 Å². The number of sulfonamides is 1. The molecule has 5 rings (SSSR count). The highest BCUT2D eigenvalue weighted by Crippen LogP contribution is 2.48. The summed E-state index contributed by atoms with van der Waals surface area (Å²) in [4.78, 5) is 21.3. The first-order chi connectivity index (χ1) is 16.4. The van der Waals surface area contributed by atoms with Crippen molar-refractivity contribution in [3.63, 3.8) is 0 Å². The van der Waals surface area contributed by atoms with Crippen molar-refractivity contribution in [3.8, 4) is 0 Å². The van der Waals surface area contributed by atoms with Gasteiger partial charge in [-0.1, -0.05) is 31.2 Å². The fraction of sp³-hybridized carbons (Fsp3) is 0.192. The Morgan fingerprint density at radius 1 is 1.06 bits per heavy atom. The van der Waals surface area contributed by atoms with Crippen molar-refractivity contribution in [2.24, 2.45) is 5.92 Å². The standard InChI is InChI=1S/C26H24N4O3S/c1-2-17-15-27-16-19-6-9-20(13-22(17)19)29-26(31)24-14-23(24)18-7-10-21(11-8-18)34(32,33)30-25-5-3-4-12-28-25/h3-13,15-16,23-24H,2,14H2,1H3,(H,28,30)(H,29,31)/t23?,24-/m1/s1. The third-order valence-corrected chi connectivity index (χ3v) is 7.51. The van der Waals surface area contributed by atoms with Crippen LogP contribution in [0.5, 0.6) is 0 Å². The second-order valence-electron chi connectivity index (χ2n) is 8.42. The van der Waals surface area contributed by atoms with Gasteiger partial charge in [0.25, 0.3) is 10.0 Å². The van der Waals surface area contributed by atoms with Crippen molar-refractivity contribution < 1.29 is 13.2 Å². The Morgan fingerprint density at radius 2 is 1.88 bits per heavy atom. The van der Waals surface area contributed by atoms with Crippen LogP contribution in [0.1, 0.15) is 30.4 Å². The molecule has 1 aliphatic carbocycles. The molecule has 172 valence electrons. The number of amides is 1. The van der Waals surface area contributed by atoms with Gasteiger partial charge in [0.15, 0.2) is 0 Å². The van der Waals surface area contributed by atoms with Crippen molar-refractivity contribution in [2.75, 3.05) is 10.0 Å². The predicted molar refractivity (Wildman–Crippen MR) is 132 cm³/mol. The van der Waals surface area contributed by atoms with E-state index < -0.39 is 10.0 Å². The summed E-state index contributed by atoms with van der Waals surface area (Å²) in [6.07, 6.45) is 6.82. The normalized spacial score (nSPS) is 17.3. The van der Waals surface area contributed by atoms with E-state index in [1.807, 2.05) is 30.6 Å². The first kappa shape index (κ1) is 22.0. The van der Waals surface area contributed by atoms with Crippen LogP contribution in [0.3, 0.4) is 0 Å². The lowest BCUT2D eigenvalue weighted by Gasteiger charge is -2.09. The number of anilines is 2. The van der Waals surface area contributed by atoms with E-state index in [1.165, 1.54) is 6.20 Å². The highest BCUT2D eigenvalue weighted by molar-refractivity contribution is 7.92. The molecule has 0 radical (unpaired) electrons. The maximum Gasteiger partial charge on any atom is 0.263 e. The number of rotatable bonds is 7. The summed E-state index contributed by atoms with van der Waals surface area (Å²) >= 11 is 0. The molecule has 1 fully saturated rings. The number of aromatic nitrogens is 2. The number of benzene rings is 2. The molecule has 2 N–H and O–H groups in total. The molecule has 7 nitrogen and oxygen atoms in total. The summed E-state index contributed by atoms with van der Waals surface area (Å²) in [6.45, 7) is 2.08. The lowest BCUT2D eigenvalue weighted by molar-refractivity contribution is -0.117. The molecule has 2 atom stereocenters. The Bertz CT molecular complexity index is 1450. The monoisotopic (exact) mass is 472 g/mol. The molecule has 0 spiro atoms. The van der Waals surface area contributed by atoms with Gasteiger partial charge in [-0.05, 0) is 71.7 Å². The number of carbonyl (C=O) groups excluding carboxylic acids is 1. The number of pyridine rings is 2. The SMILES string of the molecule is CCc1cncc2ccc(NC(=O)[C@@H]3CC3c3ccc(S(=O)(=O)Nc4ccccn4)cc3)cc12. The van der Waals surface area contributed by atoms with E-state index in [1.54, 1.807) is 42.5 Å². The molecule has 0 bridgehead atoms. The molecule has 1 saturated carbocycles. The molecule has 2 aromatic heterocycles. The van der Waals surface area contributed by atoms with Crippen LogP contribution in [-0.2, 0) is 21.2 Å². The molecule has 2 aromatic carbocycles. The van der Waals surface area contributed by atoms with Gasteiger partial charge in [0.05, 0.1) is 4.90 Å². The summed E-state index contributed by atoms with van der Waals surface area (Å²) in [5.41, 5.74) is 2.87. The van der Waals surface area contributed by atoms with E-state index in [4.69, 9.17) is 0 Å². The van der Waals surface area contributed by atoms with Crippen LogP contribution in [0, 0.1) is 5.92 Å². The zero-order chi connectivity index (χ0) is 23.7. The zero-order valence-corrected chi connectivity index (χ0v) is 19.4. The second kappa shape index (κ2) is 8.87. The fourth-order valence-corrected chi connectivity index (χ4v) is 5.19. The minimum Gasteiger partial charge on any atom is -0.326 e. The summed E-state index contributed by atoms with van der Waals surface area (Å²) in [6, 6.07) is 17.6. The first-order valence-corrected chi connectivity index (χ1v) is 12.6. The Labute approximate surface area is 198 Å².